The maximum absolute atomic E-state index is 5.54. The Morgan fingerprint density at radius 1 is 1.70 bits per heavy atom. The first kappa shape index (κ1) is 9.21. The zero-order valence-corrected chi connectivity index (χ0v) is 6.38. The van der Waals surface area contributed by atoms with E-state index in [1.54, 1.807) is 18.5 Å². The normalized spacial score (nSPS) is 12.3. The Hall–Kier alpha value is -0.785. The molecule has 0 rings (SSSR count). The summed E-state index contributed by atoms with van der Waals surface area (Å²) in [5.41, 5.74) is 0.820. The van der Waals surface area contributed by atoms with Gasteiger partial charge in [0, 0.05) is 12.4 Å². The Morgan fingerprint density at radius 3 is 2.90 bits per heavy atom. The molecule has 0 saturated carbocycles. The molecule has 0 spiro atoms. The van der Waals surface area contributed by atoms with Crippen LogP contribution >= 0.6 is 0 Å². The molecular formula is C8H12BN. The fourth-order valence-electron chi connectivity index (χ4n) is 0.553. The van der Waals surface area contributed by atoms with Gasteiger partial charge in [-0.2, -0.15) is 0 Å². The third kappa shape index (κ3) is 5.35. The molecule has 0 aliphatic rings. The van der Waals surface area contributed by atoms with Gasteiger partial charge in [-0.15, -0.1) is 0 Å². The van der Waals surface area contributed by atoms with Crippen LogP contribution in [0.1, 0.15) is 19.8 Å². The minimum atomic E-state index is 0.820. The molecule has 0 aromatic heterocycles. The Balaban J connectivity index is 3.67. The number of aliphatic imine (C=N–C) groups is 1. The van der Waals surface area contributed by atoms with Crippen LogP contribution in [-0.4, -0.2) is 14.1 Å². The van der Waals surface area contributed by atoms with Crippen molar-refractivity contribution in [3.63, 3.8) is 0 Å². The molecule has 52 valence electrons. The molecule has 0 atom stereocenters. The molecule has 1 nitrogen and oxygen atoms in total. The smallest absolute Gasteiger partial charge is 0.109 e. The first-order valence-electron chi connectivity index (χ1n) is 3.40. The van der Waals surface area contributed by atoms with Gasteiger partial charge >= 0.3 is 0 Å². The second-order valence-corrected chi connectivity index (χ2v) is 1.99. The van der Waals surface area contributed by atoms with Gasteiger partial charge in [-0.05, 0) is 6.42 Å². The van der Waals surface area contributed by atoms with E-state index in [0.29, 0.717) is 0 Å². The lowest BCUT2D eigenvalue weighted by Gasteiger charge is -1.92. The van der Waals surface area contributed by atoms with Gasteiger partial charge in [0.15, 0.2) is 0 Å². The quantitative estimate of drug-likeness (QED) is 0.411. The number of hydrogen-bond acceptors (Lipinski definition) is 1. The van der Waals surface area contributed by atoms with E-state index >= 15 is 0 Å². The summed E-state index contributed by atoms with van der Waals surface area (Å²) < 4.78 is 0. The minimum Gasteiger partial charge on any atom is -0.266 e. The van der Waals surface area contributed by atoms with Crippen molar-refractivity contribution in [2.24, 2.45) is 4.99 Å². The van der Waals surface area contributed by atoms with Gasteiger partial charge < -0.3 is 0 Å². The fourth-order valence-corrected chi connectivity index (χ4v) is 0.553. The molecule has 0 N–H and O–H groups in total. The minimum absolute atomic E-state index is 0.820. The van der Waals surface area contributed by atoms with Crippen LogP contribution in [0.25, 0.3) is 0 Å². The van der Waals surface area contributed by atoms with Gasteiger partial charge in [-0.1, -0.05) is 31.5 Å². The predicted molar refractivity (Wildman–Crippen MR) is 47.4 cm³/mol. The summed E-state index contributed by atoms with van der Waals surface area (Å²) >= 11 is 0. The second-order valence-electron chi connectivity index (χ2n) is 1.99. The highest BCUT2D eigenvalue weighted by atomic mass is 14.7. The third-order valence-electron chi connectivity index (χ3n) is 0.971. The van der Waals surface area contributed by atoms with Crippen molar-refractivity contribution in [2.75, 3.05) is 0 Å². The van der Waals surface area contributed by atoms with Crippen molar-refractivity contribution in [3.05, 3.63) is 24.3 Å². The molecular weight excluding hydrogens is 121 g/mol. The van der Waals surface area contributed by atoms with Gasteiger partial charge in [0.25, 0.3) is 0 Å². The molecule has 0 fully saturated rings. The maximum atomic E-state index is 5.54. The van der Waals surface area contributed by atoms with Crippen LogP contribution in [-0.2, 0) is 0 Å². The number of allylic oxidation sites excluding steroid dienone is 2. The summed E-state index contributed by atoms with van der Waals surface area (Å²) in [6.45, 7) is 5.57. The van der Waals surface area contributed by atoms with Crippen molar-refractivity contribution < 1.29 is 0 Å². The van der Waals surface area contributed by atoms with Gasteiger partial charge in [0.1, 0.15) is 7.85 Å². The lowest BCUT2D eigenvalue weighted by molar-refractivity contribution is 0.941. The van der Waals surface area contributed by atoms with Gasteiger partial charge in [0.05, 0.1) is 0 Å². The van der Waals surface area contributed by atoms with E-state index in [-0.39, 0.29) is 0 Å². The molecule has 0 aromatic carbocycles. The summed E-state index contributed by atoms with van der Waals surface area (Å²) in [5.74, 6) is 0. The van der Waals surface area contributed by atoms with Gasteiger partial charge in [0.2, 0.25) is 0 Å². The largest absolute Gasteiger partial charge is 0.266 e. The van der Waals surface area contributed by atoms with Crippen LogP contribution < -0.4 is 0 Å². The predicted octanol–water partition coefficient (Wildman–Crippen LogP) is 2.05. The lowest BCUT2D eigenvalue weighted by atomic mass is 9.93. The van der Waals surface area contributed by atoms with Crippen LogP contribution in [0.5, 0.6) is 0 Å². The Kier molecular flexibility index (Phi) is 5.84. The van der Waals surface area contributed by atoms with Crippen LogP contribution in [0.2, 0.25) is 0 Å². The zero-order chi connectivity index (χ0) is 7.82. The third-order valence-corrected chi connectivity index (χ3v) is 0.971. The van der Waals surface area contributed by atoms with E-state index in [4.69, 9.17) is 7.85 Å². The molecule has 0 amide bonds. The highest BCUT2D eigenvalue weighted by Gasteiger charge is 1.82. The first-order valence-corrected chi connectivity index (χ1v) is 3.40. The molecule has 0 saturated heterocycles. The van der Waals surface area contributed by atoms with E-state index < -0.39 is 0 Å². The van der Waals surface area contributed by atoms with Crippen molar-refractivity contribution in [3.8, 4) is 0 Å². The summed E-state index contributed by atoms with van der Waals surface area (Å²) in [6.07, 6.45) is 6.86. The Bertz CT molecular complexity index is 147. The van der Waals surface area contributed by atoms with Gasteiger partial charge in [-0.3, -0.25) is 4.99 Å². The zero-order valence-electron chi connectivity index (χ0n) is 6.38. The standard InChI is InChI=1S/C8H12BN/c1-3-5-8(9)7-10-6-4-2/h4,6-7H,2-3,5H2,1H3/b8-7+,10-6?. The topological polar surface area (TPSA) is 12.4 Å². The molecule has 0 aromatic rings. The average molecular weight is 133 g/mol. The van der Waals surface area contributed by atoms with Crippen molar-refractivity contribution in [2.45, 2.75) is 19.8 Å². The van der Waals surface area contributed by atoms with E-state index in [1.165, 1.54) is 0 Å². The summed E-state index contributed by atoms with van der Waals surface area (Å²) in [4.78, 5) is 3.88. The van der Waals surface area contributed by atoms with Crippen LogP contribution in [0.4, 0.5) is 0 Å². The van der Waals surface area contributed by atoms with Crippen molar-refractivity contribution in [1.82, 2.24) is 0 Å². The number of hydrogen-bond donors (Lipinski definition) is 0. The first-order chi connectivity index (χ1) is 4.81. The molecule has 2 radical (unpaired) electrons. The van der Waals surface area contributed by atoms with E-state index in [0.717, 1.165) is 18.3 Å². The lowest BCUT2D eigenvalue weighted by Crippen LogP contribution is -1.78. The fraction of sp³-hybridized carbons (Fsp3) is 0.375. The monoisotopic (exact) mass is 133 g/mol. The molecule has 0 heterocycles. The van der Waals surface area contributed by atoms with E-state index in [9.17, 15) is 0 Å². The molecule has 0 unspecified atom stereocenters. The Labute approximate surface area is 64.0 Å². The summed E-state index contributed by atoms with van der Waals surface area (Å²) in [7, 11) is 5.54. The number of nitrogens with zero attached hydrogens (tertiary/aromatic N) is 1. The van der Waals surface area contributed by atoms with E-state index in [1.807, 2.05) is 0 Å². The Morgan fingerprint density at radius 2 is 2.40 bits per heavy atom. The molecule has 10 heavy (non-hydrogen) atoms. The molecule has 0 bridgehead atoms. The SMILES string of the molecule is [B]/C(=C/N=CC=C)CCC. The van der Waals surface area contributed by atoms with Crippen molar-refractivity contribution in [1.29, 1.82) is 0 Å². The van der Waals surface area contributed by atoms with Crippen LogP contribution in [0, 0.1) is 0 Å². The summed E-state index contributed by atoms with van der Waals surface area (Å²) in [6, 6.07) is 0. The van der Waals surface area contributed by atoms with Gasteiger partial charge in [-0.25, -0.2) is 0 Å². The number of rotatable bonds is 4. The highest BCUT2D eigenvalue weighted by molar-refractivity contribution is 6.21. The van der Waals surface area contributed by atoms with Crippen molar-refractivity contribution >= 4 is 14.1 Å². The molecule has 0 aliphatic heterocycles. The maximum Gasteiger partial charge on any atom is 0.109 e. The molecule has 0 aliphatic carbocycles. The summed E-state index contributed by atoms with van der Waals surface area (Å²) in [5, 5.41) is 0. The average Bonchev–Trinajstić information content (AvgIpc) is 1.89. The molecule has 2 heteroatoms. The van der Waals surface area contributed by atoms with E-state index in [2.05, 4.69) is 18.5 Å². The second kappa shape index (κ2) is 6.34. The van der Waals surface area contributed by atoms with Crippen LogP contribution in [0.15, 0.2) is 29.3 Å². The highest BCUT2D eigenvalue weighted by Crippen LogP contribution is 1.98. The van der Waals surface area contributed by atoms with Crippen LogP contribution in [0.3, 0.4) is 0 Å².